The number of nitrogens with zero attached hydrogens (tertiary/aromatic N) is 4. The van der Waals surface area contributed by atoms with Crippen molar-refractivity contribution in [3.8, 4) is 0 Å². The smallest absolute Gasteiger partial charge is 0.151 e. The fourth-order valence-corrected chi connectivity index (χ4v) is 2.85. The molecule has 0 saturated heterocycles. The van der Waals surface area contributed by atoms with E-state index in [-0.39, 0.29) is 24.8 Å². The summed E-state index contributed by atoms with van der Waals surface area (Å²) in [6.07, 6.45) is 5.40. The number of hydrogen-bond donors (Lipinski definition) is 1. The van der Waals surface area contributed by atoms with Crippen LogP contribution in [0.4, 0.5) is 5.82 Å². The number of nitrogens with one attached hydrogen (secondary N) is 1. The summed E-state index contributed by atoms with van der Waals surface area (Å²) in [6.45, 7) is 1.25. The van der Waals surface area contributed by atoms with Crippen LogP contribution in [0.25, 0.3) is 10.9 Å². The molecule has 0 atom stereocenters. The van der Waals surface area contributed by atoms with Crippen LogP contribution in [0.1, 0.15) is 11.4 Å². The molecule has 0 radical (unpaired) electrons. The quantitative estimate of drug-likeness (QED) is 0.492. The standard InChI is InChI=1S/C19H16ClN5.2ClH/c20-15-6-7-17-16(10-15)19(22-11-14-4-2-1-3-5-14)24-18(23-17)12-25-9-8-21-13-25;;/h1-10,13H,11-12H2,(H,22,23,24);2*1H. The topological polar surface area (TPSA) is 55.6 Å². The molecule has 5 nitrogen and oxygen atoms in total. The van der Waals surface area contributed by atoms with Crippen LogP contribution in [-0.4, -0.2) is 19.5 Å². The lowest BCUT2D eigenvalue weighted by molar-refractivity contribution is 0.748. The molecule has 8 heteroatoms. The van der Waals surface area contributed by atoms with E-state index < -0.39 is 0 Å². The molecule has 2 heterocycles. The van der Waals surface area contributed by atoms with Crippen LogP contribution in [0.5, 0.6) is 0 Å². The third-order valence-corrected chi connectivity index (χ3v) is 4.13. The summed E-state index contributed by atoms with van der Waals surface area (Å²) in [7, 11) is 0. The molecule has 0 fully saturated rings. The van der Waals surface area contributed by atoms with Crippen LogP contribution in [0.2, 0.25) is 5.02 Å². The highest BCUT2D eigenvalue weighted by molar-refractivity contribution is 6.31. The van der Waals surface area contributed by atoms with Crippen molar-refractivity contribution in [1.82, 2.24) is 19.5 Å². The third kappa shape index (κ3) is 5.10. The van der Waals surface area contributed by atoms with Gasteiger partial charge >= 0.3 is 0 Å². The van der Waals surface area contributed by atoms with Gasteiger partial charge in [0.15, 0.2) is 5.82 Å². The van der Waals surface area contributed by atoms with Crippen molar-refractivity contribution in [3.63, 3.8) is 0 Å². The Balaban J connectivity index is 0.00000131. The number of rotatable bonds is 5. The molecular weight excluding hydrogens is 405 g/mol. The third-order valence-electron chi connectivity index (χ3n) is 3.89. The van der Waals surface area contributed by atoms with Gasteiger partial charge in [0.1, 0.15) is 5.82 Å². The number of benzene rings is 2. The lowest BCUT2D eigenvalue weighted by atomic mass is 10.2. The van der Waals surface area contributed by atoms with Crippen molar-refractivity contribution in [2.24, 2.45) is 0 Å². The van der Waals surface area contributed by atoms with Gasteiger partial charge in [0.2, 0.25) is 0 Å². The second kappa shape index (κ2) is 9.55. The van der Waals surface area contributed by atoms with Gasteiger partial charge in [-0.1, -0.05) is 41.9 Å². The summed E-state index contributed by atoms with van der Waals surface area (Å²) in [5.74, 6) is 1.51. The molecule has 4 rings (SSSR count). The zero-order valence-electron chi connectivity index (χ0n) is 14.2. The lowest BCUT2D eigenvalue weighted by Gasteiger charge is -2.11. The molecule has 0 aliphatic rings. The van der Waals surface area contributed by atoms with Gasteiger partial charge in [-0.2, -0.15) is 0 Å². The van der Waals surface area contributed by atoms with Gasteiger partial charge in [0, 0.05) is 29.3 Å². The van der Waals surface area contributed by atoms with E-state index in [9.17, 15) is 0 Å². The Morgan fingerprint density at radius 2 is 1.81 bits per heavy atom. The molecule has 0 aliphatic carbocycles. The monoisotopic (exact) mass is 421 g/mol. The van der Waals surface area contributed by atoms with E-state index in [1.54, 1.807) is 12.5 Å². The molecular formula is C19H18Cl3N5. The highest BCUT2D eigenvalue weighted by atomic mass is 35.5. The number of imidazole rings is 1. The summed E-state index contributed by atoms with van der Waals surface area (Å²) in [5.41, 5.74) is 2.05. The van der Waals surface area contributed by atoms with E-state index in [1.807, 2.05) is 47.2 Å². The van der Waals surface area contributed by atoms with Crippen molar-refractivity contribution in [1.29, 1.82) is 0 Å². The summed E-state index contributed by atoms with van der Waals surface area (Å²) < 4.78 is 1.94. The summed E-state index contributed by atoms with van der Waals surface area (Å²) in [4.78, 5) is 13.4. The minimum Gasteiger partial charge on any atom is -0.365 e. The van der Waals surface area contributed by atoms with E-state index in [0.29, 0.717) is 18.1 Å². The van der Waals surface area contributed by atoms with Crippen LogP contribution >= 0.6 is 36.4 Å². The van der Waals surface area contributed by atoms with Crippen molar-refractivity contribution in [2.75, 3.05) is 5.32 Å². The number of anilines is 1. The molecule has 0 saturated carbocycles. The van der Waals surface area contributed by atoms with Gasteiger partial charge in [0.05, 0.1) is 18.4 Å². The minimum atomic E-state index is 0. The fourth-order valence-electron chi connectivity index (χ4n) is 2.68. The Morgan fingerprint density at radius 1 is 1.00 bits per heavy atom. The van der Waals surface area contributed by atoms with Crippen LogP contribution in [-0.2, 0) is 13.1 Å². The first kappa shape index (κ1) is 21.0. The summed E-state index contributed by atoms with van der Waals surface area (Å²) >= 11 is 6.17. The molecule has 2 aromatic carbocycles. The van der Waals surface area contributed by atoms with Crippen LogP contribution in [0.15, 0.2) is 67.3 Å². The average molecular weight is 423 g/mol. The van der Waals surface area contributed by atoms with Gasteiger partial charge in [-0.05, 0) is 23.8 Å². The molecule has 0 amide bonds. The maximum Gasteiger partial charge on any atom is 0.151 e. The number of hydrogen-bond acceptors (Lipinski definition) is 4. The van der Waals surface area contributed by atoms with Gasteiger partial charge < -0.3 is 9.88 Å². The van der Waals surface area contributed by atoms with E-state index in [0.717, 1.165) is 22.5 Å². The maximum atomic E-state index is 6.17. The van der Waals surface area contributed by atoms with Crippen LogP contribution < -0.4 is 5.32 Å². The molecule has 27 heavy (non-hydrogen) atoms. The second-order valence-corrected chi connectivity index (χ2v) is 6.16. The van der Waals surface area contributed by atoms with E-state index in [1.165, 1.54) is 5.56 Å². The number of aromatic nitrogens is 4. The Morgan fingerprint density at radius 3 is 2.56 bits per heavy atom. The Kier molecular flexibility index (Phi) is 7.42. The van der Waals surface area contributed by atoms with Gasteiger partial charge in [-0.15, -0.1) is 24.8 Å². The predicted octanol–water partition coefficient (Wildman–Crippen LogP) is 4.98. The largest absolute Gasteiger partial charge is 0.365 e. The van der Waals surface area contributed by atoms with Crippen molar-refractivity contribution in [2.45, 2.75) is 13.1 Å². The molecule has 0 bridgehead atoms. The molecule has 0 spiro atoms. The van der Waals surface area contributed by atoms with Crippen molar-refractivity contribution >= 4 is 53.1 Å². The van der Waals surface area contributed by atoms with Crippen LogP contribution in [0, 0.1) is 0 Å². The highest BCUT2D eigenvalue weighted by Crippen LogP contribution is 2.24. The minimum absolute atomic E-state index is 0. The lowest BCUT2D eigenvalue weighted by Crippen LogP contribution is -2.08. The van der Waals surface area contributed by atoms with E-state index >= 15 is 0 Å². The van der Waals surface area contributed by atoms with Gasteiger partial charge in [-0.25, -0.2) is 15.0 Å². The van der Waals surface area contributed by atoms with Gasteiger partial charge in [0.25, 0.3) is 0 Å². The Labute approximate surface area is 174 Å². The molecule has 0 unspecified atom stereocenters. The predicted molar refractivity (Wildman–Crippen MR) is 114 cm³/mol. The normalized spacial score (nSPS) is 10.1. The first-order valence-corrected chi connectivity index (χ1v) is 8.35. The second-order valence-electron chi connectivity index (χ2n) is 5.72. The van der Waals surface area contributed by atoms with Crippen LogP contribution in [0.3, 0.4) is 0 Å². The Bertz CT molecular complexity index is 991. The first-order valence-electron chi connectivity index (χ1n) is 7.98. The van der Waals surface area contributed by atoms with Gasteiger partial charge in [-0.3, -0.25) is 0 Å². The average Bonchev–Trinajstić information content (AvgIpc) is 3.14. The highest BCUT2D eigenvalue weighted by Gasteiger charge is 2.09. The number of halogens is 3. The van der Waals surface area contributed by atoms with E-state index in [2.05, 4.69) is 27.4 Å². The maximum absolute atomic E-state index is 6.17. The summed E-state index contributed by atoms with van der Waals surface area (Å²) in [5, 5.41) is 5.00. The van der Waals surface area contributed by atoms with Crippen molar-refractivity contribution in [3.05, 3.63) is 83.7 Å². The van der Waals surface area contributed by atoms with E-state index in [4.69, 9.17) is 16.6 Å². The molecule has 1 N–H and O–H groups in total. The Hall–Kier alpha value is -2.34. The van der Waals surface area contributed by atoms with Crippen molar-refractivity contribution < 1.29 is 0 Å². The molecule has 4 aromatic rings. The fraction of sp³-hybridized carbons (Fsp3) is 0.105. The molecule has 140 valence electrons. The number of fused-ring (bicyclic) bond motifs is 1. The zero-order chi connectivity index (χ0) is 17.1. The SMILES string of the molecule is Cl.Cl.Clc1ccc2nc(Cn3ccnc3)nc(NCc3ccccc3)c2c1. The zero-order valence-corrected chi connectivity index (χ0v) is 16.6. The molecule has 2 aromatic heterocycles. The summed E-state index contributed by atoms with van der Waals surface area (Å²) in [6, 6.07) is 15.9. The first-order chi connectivity index (χ1) is 12.3. The molecule has 0 aliphatic heterocycles.